The molecule has 100 valence electrons. The normalized spacial score (nSPS) is 16.8. The zero-order valence-corrected chi connectivity index (χ0v) is 11.2. The lowest BCUT2D eigenvalue weighted by Gasteiger charge is -2.26. The van der Waals surface area contributed by atoms with Crippen LogP contribution in [0.2, 0.25) is 0 Å². The van der Waals surface area contributed by atoms with E-state index in [4.69, 9.17) is 9.84 Å². The third-order valence-corrected chi connectivity index (χ3v) is 3.68. The van der Waals surface area contributed by atoms with Gasteiger partial charge in [0.05, 0.1) is 13.7 Å². The van der Waals surface area contributed by atoms with Crippen molar-refractivity contribution < 1.29 is 9.84 Å². The largest absolute Gasteiger partial charge is 0.496 e. The molecule has 2 rings (SSSR count). The van der Waals surface area contributed by atoms with Gasteiger partial charge in [-0.3, -0.25) is 0 Å². The van der Waals surface area contributed by atoms with Crippen molar-refractivity contribution in [3.63, 3.8) is 0 Å². The predicted octanol–water partition coefficient (Wildman–Crippen LogP) is 2.22. The second kappa shape index (κ2) is 6.76. The monoisotopic (exact) mass is 249 g/mol. The van der Waals surface area contributed by atoms with E-state index in [1.807, 2.05) is 12.1 Å². The maximum absolute atomic E-state index is 9.12. The molecular formula is C15H23NO2. The number of aliphatic hydroxyl groups is 1. The van der Waals surface area contributed by atoms with Crippen LogP contribution in [0.4, 0.5) is 0 Å². The Morgan fingerprint density at radius 2 is 2.00 bits per heavy atom. The summed E-state index contributed by atoms with van der Waals surface area (Å²) in [5.74, 6) is 0.901. The first-order valence-electron chi connectivity index (χ1n) is 6.82. The van der Waals surface area contributed by atoms with Gasteiger partial charge in [0, 0.05) is 6.54 Å². The standard InChI is InChI=1S/C15H23NO2/c1-18-15-11-13(12-17)5-6-14(15)7-10-16-8-3-2-4-9-16/h5-6,11,17H,2-4,7-10,12H2,1H3. The number of piperidine rings is 1. The first-order chi connectivity index (χ1) is 8.83. The molecule has 0 aromatic heterocycles. The van der Waals surface area contributed by atoms with Gasteiger partial charge in [-0.1, -0.05) is 18.6 Å². The van der Waals surface area contributed by atoms with E-state index in [0.717, 1.165) is 24.3 Å². The van der Waals surface area contributed by atoms with Gasteiger partial charge in [-0.2, -0.15) is 0 Å². The number of methoxy groups -OCH3 is 1. The van der Waals surface area contributed by atoms with E-state index < -0.39 is 0 Å². The second-order valence-corrected chi connectivity index (χ2v) is 4.96. The summed E-state index contributed by atoms with van der Waals surface area (Å²) >= 11 is 0. The summed E-state index contributed by atoms with van der Waals surface area (Å²) in [7, 11) is 1.70. The topological polar surface area (TPSA) is 32.7 Å². The summed E-state index contributed by atoms with van der Waals surface area (Å²) in [5.41, 5.74) is 2.15. The number of aliphatic hydroxyl groups excluding tert-OH is 1. The van der Waals surface area contributed by atoms with Crippen molar-refractivity contribution in [1.82, 2.24) is 4.90 Å². The average molecular weight is 249 g/mol. The highest BCUT2D eigenvalue weighted by atomic mass is 16.5. The fraction of sp³-hybridized carbons (Fsp3) is 0.600. The fourth-order valence-corrected chi connectivity index (χ4v) is 2.56. The smallest absolute Gasteiger partial charge is 0.122 e. The molecule has 1 aliphatic heterocycles. The highest BCUT2D eigenvalue weighted by Gasteiger charge is 2.11. The third-order valence-electron chi connectivity index (χ3n) is 3.68. The zero-order chi connectivity index (χ0) is 12.8. The molecular weight excluding hydrogens is 226 g/mol. The van der Waals surface area contributed by atoms with Gasteiger partial charge in [0.15, 0.2) is 0 Å². The molecule has 0 unspecified atom stereocenters. The Bertz CT molecular complexity index is 373. The van der Waals surface area contributed by atoms with Crippen molar-refractivity contribution in [2.45, 2.75) is 32.3 Å². The van der Waals surface area contributed by atoms with Gasteiger partial charge in [0.25, 0.3) is 0 Å². The van der Waals surface area contributed by atoms with Gasteiger partial charge in [-0.25, -0.2) is 0 Å². The van der Waals surface area contributed by atoms with Crippen LogP contribution < -0.4 is 4.74 Å². The molecule has 0 amide bonds. The molecule has 0 saturated carbocycles. The van der Waals surface area contributed by atoms with Crippen molar-refractivity contribution in [1.29, 1.82) is 0 Å². The molecule has 1 fully saturated rings. The lowest BCUT2D eigenvalue weighted by molar-refractivity contribution is 0.230. The molecule has 1 aromatic carbocycles. The van der Waals surface area contributed by atoms with E-state index in [2.05, 4.69) is 11.0 Å². The van der Waals surface area contributed by atoms with Crippen LogP contribution in [0.15, 0.2) is 18.2 Å². The Morgan fingerprint density at radius 3 is 2.67 bits per heavy atom. The maximum atomic E-state index is 9.12. The zero-order valence-electron chi connectivity index (χ0n) is 11.2. The van der Waals surface area contributed by atoms with Crippen LogP contribution in [-0.2, 0) is 13.0 Å². The van der Waals surface area contributed by atoms with Gasteiger partial charge in [-0.15, -0.1) is 0 Å². The Labute approximate surface area is 109 Å². The molecule has 0 radical (unpaired) electrons. The van der Waals surface area contributed by atoms with Crippen molar-refractivity contribution in [3.8, 4) is 5.75 Å². The summed E-state index contributed by atoms with van der Waals surface area (Å²) < 4.78 is 5.40. The van der Waals surface area contributed by atoms with Gasteiger partial charge < -0.3 is 14.7 Å². The van der Waals surface area contributed by atoms with Gasteiger partial charge >= 0.3 is 0 Å². The molecule has 0 aliphatic carbocycles. The average Bonchev–Trinajstić information content (AvgIpc) is 2.46. The van der Waals surface area contributed by atoms with Crippen LogP contribution in [0.25, 0.3) is 0 Å². The predicted molar refractivity (Wildman–Crippen MR) is 72.9 cm³/mol. The molecule has 1 heterocycles. The van der Waals surface area contributed by atoms with Gasteiger partial charge in [-0.05, 0) is 49.5 Å². The van der Waals surface area contributed by atoms with Crippen LogP contribution in [-0.4, -0.2) is 36.8 Å². The number of likely N-dealkylation sites (tertiary alicyclic amines) is 1. The molecule has 1 aliphatic rings. The Morgan fingerprint density at radius 1 is 1.22 bits per heavy atom. The van der Waals surface area contributed by atoms with Gasteiger partial charge in [0.2, 0.25) is 0 Å². The fourth-order valence-electron chi connectivity index (χ4n) is 2.56. The van der Waals surface area contributed by atoms with Crippen LogP contribution in [0.3, 0.4) is 0 Å². The van der Waals surface area contributed by atoms with E-state index >= 15 is 0 Å². The van der Waals surface area contributed by atoms with Crippen LogP contribution in [0.5, 0.6) is 5.75 Å². The summed E-state index contributed by atoms with van der Waals surface area (Å²) in [4.78, 5) is 2.53. The van der Waals surface area contributed by atoms with Crippen molar-refractivity contribution in [2.75, 3.05) is 26.7 Å². The van der Waals surface area contributed by atoms with Crippen LogP contribution in [0, 0.1) is 0 Å². The van der Waals surface area contributed by atoms with E-state index in [1.165, 1.54) is 37.9 Å². The number of hydrogen-bond donors (Lipinski definition) is 1. The molecule has 3 heteroatoms. The Kier molecular flexibility index (Phi) is 5.02. The van der Waals surface area contributed by atoms with E-state index in [0.29, 0.717) is 0 Å². The molecule has 18 heavy (non-hydrogen) atoms. The first kappa shape index (κ1) is 13.4. The lowest BCUT2D eigenvalue weighted by atomic mass is 10.1. The minimum Gasteiger partial charge on any atom is -0.496 e. The minimum absolute atomic E-state index is 0.0722. The number of rotatable bonds is 5. The van der Waals surface area contributed by atoms with E-state index in [1.54, 1.807) is 7.11 Å². The van der Waals surface area contributed by atoms with Gasteiger partial charge in [0.1, 0.15) is 5.75 Å². The Hall–Kier alpha value is -1.06. The molecule has 1 saturated heterocycles. The molecule has 0 bridgehead atoms. The second-order valence-electron chi connectivity index (χ2n) is 4.96. The third kappa shape index (κ3) is 3.47. The SMILES string of the molecule is COc1cc(CO)ccc1CCN1CCCCC1. The molecule has 1 N–H and O–H groups in total. The first-order valence-corrected chi connectivity index (χ1v) is 6.82. The number of benzene rings is 1. The van der Waals surface area contributed by atoms with Crippen molar-refractivity contribution >= 4 is 0 Å². The van der Waals surface area contributed by atoms with Crippen molar-refractivity contribution in [2.24, 2.45) is 0 Å². The molecule has 1 aromatic rings. The number of hydrogen-bond acceptors (Lipinski definition) is 3. The highest BCUT2D eigenvalue weighted by Crippen LogP contribution is 2.21. The summed E-state index contributed by atoms with van der Waals surface area (Å²) in [6.07, 6.45) is 5.07. The Balaban J connectivity index is 1.95. The molecule has 0 atom stereocenters. The number of nitrogens with zero attached hydrogens (tertiary/aromatic N) is 1. The van der Waals surface area contributed by atoms with Crippen LogP contribution >= 0.6 is 0 Å². The number of ether oxygens (including phenoxy) is 1. The molecule has 3 nitrogen and oxygen atoms in total. The quantitative estimate of drug-likeness (QED) is 0.868. The highest BCUT2D eigenvalue weighted by molar-refractivity contribution is 5.37. The summed E-state index contributed by atoms with van der Waals surface area (Å²) in [6.45, 7) is 3.64. The summed E-state index contributed by atoms with van der Waals surface area (Å²) in [6, 6.07) is 5.99. The van der Waals surface area contributed by atoms with Crippen LogP contribution in [0.1, 0.15) is 30.4 Å². The van der Waals surface area contributed by atoms with E-state index in [-0.39, 0.29) is 6.61 Å². The maximum Gasteiger partial charge on any atom is 0.122 e. The molecule has 0 spiro atoms. The van der Waals surface area contributed by atoms with E-state index in [9.17, 15) is 0 Å². The summed E-state index contributed by atoms with van der Waals surface area (Å²) in [5, 5.41) is 9.12. The van der Waals surface area contributed by atoms with Crippen molar-refractivity contribution in [3.05, 3.63) is 29.3 Å². The minimum atomic E-state index is 0.0722. The lowest BCUT2D eigenvalue weighted by Crippen LogP contribution is -2.31.